The molecule has 4 nitrogen and oxygen atoms in total. The molecule has 2 atom stereocenters. The molecule has 1 saturated heterocycles. The highest BCUT2D eigenvalue weighted by Crippen LogP contribution is 2.20. The quantitative estimate of drug-likeness (QED) is 0.641. The van der Waals surface area contributed by atoms with Crippen molar-refractivity contribution in [2.45, 2.75) is 25.9 Å². The molecular formula is C8H16O4S. The number of ether oxygens (including phenoxy) is 1. The van der Waals surface area contributed by atoms with Crippen molar-refractivity contribution in [1.29, 1.82) is 0 Å². The zero-order valence-electron chi connectivity index (χ0n) is 8.02. The Balaban J connectivity index is 2.28. The van der Waals surface area contributed by atoms with E-state index in [1.165, 1.54) is 0 Å². The lowest BCUT2D eigenvalue weighted by atomic mass is 10.0. The van der Waals surface area contributed by atoms with Crippen molar-refractivity contribution in [3.05, 3.63) is 0 Å². The Bertz CT molecular complexity index is 241. The maximum Gasteiger partial charge on any atom is 0.264 e. The summed E-state index contributed by atoms with van der Waals surface area (Å²) in [7, 11) is -3.30. The van der Waals surface area contributed by atoms with Gasteiger partial charge in [-0.1, -0.05) is 6.92 Å². The van der Waals surface area contributed by atoms with Gasteiger partial charge in [-0.15, -0.1) is 0 Å². The van der Waals surface area contributed by atoms with Crippen LogP contribution in [0.15, 0.2) is 0 Å². The molecule has 5 heteroatoms. The van der Waals surface area contributed by atoms with Gasteiger partial charge in [0.25, 0.3) is 10.1 Å². The molecule has 0 amide bonds. The highest BCUT2D eigenvalue weighted by molar-refractivity contribution is 7.85. The minimum Gasteiger partial charge on any atom is -0.378 e. The third-order valence-corrected chi connectivity index (χ3v) is 2.71. The van der Waals surface area contributed by atoms with E-state index in [0.717, 1.165) is 25.7 Å². The summed E-state index contributed by atoms with van der Waals surface area (Å²) in [5.74, 6) is 0.150. The van der Waals surface area contributed by atoms with Gasteiger partial charge in [0.15, 0.2) is 0 Å². The van der Waals surface area contributed by atoms with Crippen molar-refractivity contribution in [3.8, 4) is 0 Å². The van der Waals surface area contributed by atoms with Crippen molar-refractivity contribution < 1.29 is 17.3 Å². The molecule has 0 saturated carbocycles. The molecule has 0 aromatic carbocycles. The van der Waals surface area contributed by atoms with Crippen molar-refractivity contribution >= 4 is 10.1 Å². The second-order valence-corrected chi connectivity index (χ2v) is 5.16. The Labute approximate surface area is 79.3 Å². The molecule has 1 fully saturated rings. The Kier molecular flexibility index (Phi) is 3.70. The summed E-state index contributed by atoms with van der Waals surface area (Å²) in [5.41, 5.74) is 0. The monoisotopic (exact) mass is 208 g/mol. The lowest BCUT2D eigenvalue weighted by molar-refractivity contribution is 0.0508. The predicted octanol–water partition coefficient (Wildman–Crippen LogP) is 0.778. The molecule has 0 radical (unpaired) electrons. The van der Waals surface area contributed by atoms with Crippen LogP contribution < -0.4 is 0 Å². The van der Waals surface area contributed by atoms with E-state index < -0.39 is 10.1 Å². The summed E-state index contributed by atoms with van der Waals surface area (Å²) in [6.45, 7) is 2.96. The zero-order chi connectivity index (χ0) is 9.90. The molecule has 0 N–H and O–H groups in total. The largest absolute Gasteiger partial charge is 0.378 e. The van der Waals surface area contributed by atoms with Gasteiger partial charge in [0, 0.05) is 12.5 Å². The first-order valence-electron chi connectivity index (χ1n) is 4.45. The van der Waals surface area contributed by atoms with Gasteiger partial charge in [-0.25, -0.2) is 0 Å². The Morgan fingerprint density at radius 2 is 2.31 bits per heavy atom. The number of rotatable bonds is 4. The topological polar surface area (TPSA) is 52.6 Å². The first kappa shape index (κ1) is 10.9. The first-order valence-corrected chi connectivity index (χ1v) is 6.26. The van der Waals surface area contributed by atoms with E-state index in [2.05, 4.69) is 0 Å². The van der Waals surface area contributed by atoms with E-state index >= 15 is 0 Å². The van der Waals surface area contributed by atoms with Crippen LogP contribution in [0.2, 0.25) is 0 Å². The standard InChI is InChI=1S/C8H16O4S/c1-7(6-12-13(2,9)10)8-4-3-5-11-8/h7-8H,3-6H2,1-2H3/t7-,8+/m1/s1. The van der Waals surface area contributed by atoms with E-state index in [-0.39, 0.29) is 18.6 Å². The van der Waals surface area contributed by atoms with Crippen LogP contribution in [0.1, 0.15) is 19.8 Å². The summed E-state index contributed by atoms with van der Waals surface area (Å²) >= 11 is 0. The average molecular weight is 208 g/mol. The van der Waals surface area contributed by atoms with Crippen LogP contribution in [-0.2, 0) is 19.0 Å². The summed E-state index contributed by atoms with van der Waals surface area (Å²) in [5, 5.41) is 0. The van der Waals surface area contributed by atoms with Gasteiger partial charge in [-0.05, 0) is 12.8 Å². The smallest absolute Gasteiger partial charge is 0.264 e. The van der Waals surface area contributed by atoms with Gasteiger partial charge in [0.2, 0.25) is 0 Å². The molecule has 1 heterocycles. The van der Waals surface area contributed by atoms with Crippen molar-refractivity contribution in [2.75, 3.05) is 19.5 Å². The maximum atomic E-state index is 10.7. The Morgan fingerprint density at radius 1 is 1.62 bits per heavy atom. The zero-order valence-corrected chi connectivity index (χ0v) is 8.84. The SMILES string of the molecule is C[C@H](COS(C)(=O)=O)[C@@H]1CCCO1. The third-order valence-electron chi connectivity index (χ3n) is 2.14. The maximum absolute atomic E-state index is 10.7. The summed E-state index contributed by atoms with van der Waals surface area (Å²) in [4.78, 5) is 0. The lowest BCUT2D eigenvalue weighted by Crippen LogP contribution is -2.22. The minimum atomic E-state index is -3.30. The van der Waals surface area contributed by atoms with Crippen molar-refractivity contribution in [3.63, 3.8) is 0 Å². The average Bonchev–Trinajstić information content (AvgIpc) is 2.50. The van der Waals surface area contributed by atoms with E-state index in [1.807, 2.05) is 6.92 Å². The summed E-state index contributed by atoms with van der Waals surface area (Å²) < 4.78 is 31.5. The number of hydrogen-bond acceptors (Lipinski definition) is 4. The van der Waals surface area contributed by atoms with Crippen molar-refractivity contribution in [1.82, 2.24) is 0 Å². The van der Waals surface area contributed by atoms with Gasteiger partial charge in [0.1, 0.15) is 0 Å². The van der Waals surface area contributed by atoms with Crippen LogP contribution in [0, 0.1) is 5.92 Å². The molecule has 1 aliphatic heterocycles. The number of hydrogen-bond donors (Lipinski definition) is 0. The van der Waals surface area contributed by atoms with Crippen LogP contribution in [-0.4, -0.2) is 34.0 Å². The summed E-state index contributed by atoms with van der Waals surface area (Å²) in [6.07, 6.45) is 3.30. The van der Waals surface area contributed by atoms with Gasteiger partial charge >= 0.3 is 0 Å². The van der Waals surface area contributed by atoms with Gasteiger partial charge in [-0.2, -0.15) is 8.42 Å². The second-order valence-electron chi connectivity index (χ2n) is 3.52. The molecule has 0 unspecified atom stereocenters. The fraction of sp³-hybridized carbons (Fsp3) is 1.00. The third kappa shape index (κ3) is 4.06. The van der Waals surface area contributed by atoms with Gasteiger partial charge in [-0.3, -0.25) is 4.18 Å². The van der Waals surface area contributed by atoms with Crippen LogP contribution in [0.25, 0.3) is 0 Å². The Hall–Kier alpha value is -0.130. The molecule has 1 aliphatic rings. The summed E-state index contributed by atoms with van der Waals surface area (Å²) in [6, 6.07) is 0. The second kappa shape index (κ2) is 4.39. The van der Waals surface area contributed by atoms with Crippen LogP contribution in [0.3, 0.4) is 0 Å². The fourth-order valence-corrected chi connectivity index (χ4v) is 1.85. The van der Waals surface area contributed by atoms with Gasteiger partial charge < -0.3 is 4.74 Å². The predicted molar refractivity (Wildman–Crippen MR) is 48.9 cm³/mol. The van der Waals surface area contributed by atoms with Crippen LogP contribution in [0.5, 0.6) is 0 Å². The molecule has 78 valence electrons. The molecule has 0 aromatic heterocycles. The molecule has 0 aliphatic carbocycles. The molecule has 0 bridgehead atoms. The normalized spacial score (nSPS) is 26.2. The molecule has 1 rings (SSSR count). The molecular weight excluding hydrogens is 192 g/mol. The highest BCUT2D eigenvalue weighted by Gasteiger charge is 2.23. The van der Waals surface area contributed by atoms with Gasteiger partial charge in [0.05, 0.1) is 19.0 Å². The van der Waals surface area contributed by atoms with E-state index in [9.17, 15) is 8.42 Å². The highest BCUT2D eigenvalue weighted by atomic mass is 32.2. The van der Waals surface area contributed by atoms with E-state index in [0.29, 0.717) is 0 Å². The van der Waals surface area contributed by atoms with E-state index in [1.54, 1.807) is 0 Å². The minimum absolute atomic E-state index is 0.150. The van der Waals surface area contributed by atoms with E-state index in [4.69, 9.17) is 8.92 Å². The molecule has 0 spiro atoms. The van der Waals surface area contributed by atoms with Crippen LogP contribution >= 0.6 is 0 Å². The van der Waals surface area contributed by atoms with Crippen molar-refractivity contribution in [2.24, 2.45) is 5.92 Å². The fourth-order valence-electron chi connectivity index (χ4n) is 1.39. The first-order chi connectivity index (χ1) is 5.99. The lowest BCUT2D eigenvalue weighted by Gasteiger charge is -2.17. The molecule has 0 aromatic rings. The Morgan fingerprint density at radius 3 is 2.77 bits per heavy atom. The van der Waals surface area contributed by atoms with Crippen LogP contribution in [0.4, 0.5) is 0 Å². The molecule has 13 heavy (non-hydrogen) atoms.